The summed E-state index contributed by atoms with van der Waals surface area (Å²) in [5, 5.41) is 5.21. The Morgan fingerprint density at radius 2 is 1.84 bits per heavy atom. The Hall–Kier alpha value is -3.56. The second-order valence-electron chi connectivity index (χ2n) is 10.6. The average Bonchev–Trinajstić information content (AvgIpc) is 2.87. The van der Waals surface area contributed by atoms with Gasteiger partial charge in [0.05, 0.1) is 0 Å². The van der Waals surface area contributed by atoms with Crippen LogP contribution < -0.4 is 10.6 Å². The van der Waals surface area contributed by atoms with Gasteiger partial charge in [-0.1, -0.05) is 37.3 Å². The summed E-state index contributed by atoms with van der Waals surface area (Å²) in [5.74, 6) is -5.22. The molecule has 2 heterocycles. The predicted octanol–water partition coefficient (Wildman–Crippen LogP) is 4.61. The number of nitrogens with zero attached hydrogens (tertiary/aromatic N) is 2. The Morgan fingerprint density at radius 1 is 1.16 bits per heavy atom. The van der Waals surface area contributed by atoms with Crippen molar-refractivity contribution in [2.24, 2.45) is 5.92 Å². The van der Waals surface area contributed by atoms with Gasteiger partial charge in [0.15, 0.2) is 0 Å². The second kappa shape index (κ2) is 11.9. The van der Waals surface area contributed by atoms with Crippen molar-refractivity contribution in [2.45, 2.75) is 58.0 Å². The van der Waals surface area contributed by atoms with Crippen molar-refractivity contribution in [2.75, 3.05) is 26.7 Å². The summed E-state index contributed by atoms with van der Waals surface area (Å²) < 4.78 is 34.6. The smallest absolute Gasteiger partial charge is 0.410 e. The lowest BCUT2D eigenvalue weighted by atomic mass is 9.90. The van der Waals surface area contributed by atoms with Gasteiger partial charge in [-0.15, -0.1) is 0 Å². The third-order valence-electron chi connectivity index (χ3n) is 6.49. The topological polar surface area (TPSA) is 101 Å². The van der Waals surface area contributed by atoms with Gasteiger partial charge in [-0.25, -0.2) is 18.6 Å². The standard InChI is InChI=1S/C28H36F2N4O4/c1-18(19-9-7-6-8-10-19)22-15-20(16-23(33-22)25(36)31-5)24(35)32-13-11-21-17-34(14-12-28(21,29)30)26(37)38-27(2,3)4/h6-10,15-16,18,21H,11-14,17H2,1-5H3,(H,31,36)(H,32,35). The number of rotatable bonds is 7. The van der Waals surface area contributed by atoms with Crippen molar-refractivity contribution >= 4 is 17.9 Å². The van der Waals surface area contributed by atoms with E-state index in [1.165, 1.54) is 18.0 Å². The van der Waals surface area contributed by atoms with Crippen LogP contribution in [-0.4, -0.2) is 66.0 Å². The molecule has 38 heavy (non-hydrogen) atoms. The van der Waals surface area contributed by atoms with Crippen LogP contribution in [0, 0.1) is 5.92 Å². The van der Waals surface area contributed by atoms with E-state index < -0.39 is 41.8 Å². The molecule has 1 aromatic carbocycles. The van der Waals surface area contributed by atoms with Crippen molar-refractivity contribution in [1.29, 1.82) is 0 Å². The van der Waals surface area contributed by atoms with Gasteiger partial charge in [0.1, 0.15) is 11.3 Å². The fourth-order valence-electron chi connectivity index (χ4n) is 4.30. The fraction of sp³-hybridized carbons (Fsp3) is 0.500. The van der Waals surface area contributed by atoms with Crippen LogP contribution in [0.5, 0.6) is 0 Å². The third-order valence-corrected chi connectivity index (χ3v) is 6.49. The minimum Gasteiger partial charge on any atom is -0.444 e. The molecule has 2 N–H and O–H groups in total. The molecule has 10 heteroatoms. The van der Waals surface area contributed by atoms with Crippen molar-refractivity contribution in [3.05, 3.63) is 65.0 Å². The molecule has 1 aliphatic rings. The van der Waals surface area contributed by atoms with E-state index in [-0.39, 0.29) is 43.2 Å². The molecule has 206 valence electrons. The van der Waals surface area contributed by atoms with Crippen LogP contribution in [0.25, 0.3) is 0 Å². The number of amides is 3. The molecule has 0 radical (unpaired) electrons. The number of pyridine rings is 1. The molecule has 1 saturated heterocycles. The lowest BCUT2D eigenvalue weighted by Crippen LogP contribution is -2.51. The normalized spacial score (nSPS) is 17.9. The number of aromatic nitrogens is 1. The minimum absolute atomic E-state index is 0.0253. The van der Waals surface area contributed by atoms with Crippen molar-refractivity contribution in [3.8, 4) is 0 Å². The summed E-state index contributed by atoms with van der Waals surface area (Å²) in [4.78, 5) is 43.5. The maximum atomic E-state index is 14.6. The molecule has 1 aliphatic heterocycles. The van der Waals surface area contributed by atoms with Gasteiger partial charge in [0, 0.05) is 56.2 Å². The molecule has 3 rings (SSSR count). The van der Waals surface area contributed by atoms with E-state index >= 15 is 0 Å². The van der Waals surface area contributed by atoms with E-state index in [1.807, 2.05) is 37.3 Å². The van der Waals surface area contributed by atoms with Crippen LogP contribution in [0.4, 0.5) is 13.6 Å². The average molecular weight is 531 g/mol. The van der Waals surface area contributed by atoms with E-state index in [9.17, 15) is 23.2 Å². The number of ether oxygens (including phenoxy) is 1. The number of hydrogen-bond donors (Lipinski definition) is 2. The van der Waals surface area contributed by atoms with Crippen LogP contribution in [0.1, 0.15) is 78.6 Å². The highest BCUT2D eigenvalue weighted by atomic mass is 19.3. The SMILES string of the molecule is CNC(=O)c1cc(C(=O)NCCC2CN(C(=O)OC(C)(C)C)CCC2(F)F)cc(C(C)c2ccccc2)n1. The molecule has 8 nitrogen and oxygen atoms in total. The van der Waals surface area contributed by atoms with Gasteiger partial charge in [0.2, 0.25) is 0 Å². The third kappa shape index (κ3) is 7.49. The van der Waals surface area contributed by atoms with E-state index in [1.54, 1.807) is 26.8 Å². The number of likely N-dealkylation sites (tertiary alicyclic amines) is 1. The molecule has 0 bridgehead atoms. The Bertz CT molecular complexity index is 1150. The first kappa shape index (κ1) is 29.0. The number of hydrogen-bond acceptors (Lipinski definition) is 5. The summed E-state index contributed by atoms with van der Waals surface area (Å²) in [7, 11) is 1.47. The molecule has 1 fully saturated rings. The number of alkyl halides is 2. The molecular weight excluding hydrogens is 494 g/mol. The lowest BCUT2D eigenvalue weighted by molar-refractivity contribution is -0.107. The zero-order chi connectivity index (χ0) is 28.1. The summed E-state index contributed by atoms with van der Waals surface area (Å²) in [6, 6.07) is 12.5. The molecule has 1 aromatic heterocycles. The van der Waals surface area contributed by atoms with Crippen LogP contribution in [0.15, 0.2) is 42.5 Å². The van der Waals surface area contributed by atoms with Gasteiger partial charge in [-0.05, 0) is 44.9 Å². The van der Waals surface area contributed by atoms with Crippen LogP contribution in [-0.2, 0) is 4.74 Å². The summed E-state index contributed by atoms with van der Waals surface area (Å²) in [5.41, 5.74) is 1.07. The van der Waals surface area contributed by atoms with Gasteiger partial charge in [0.25, 0.3) is 17.7 Å². The first-order chi connectivity index (χ1) is 17.8. The molecule has 0 spiro atoms. The summed E-state index contributed by atoms with van der Waals surface area (Å²) in [6.07, 6.45) is -1.12. The van der Waals surface area contributed by atoms with Crippen molar-refractivity contribution in [1.82, 2.24) is 20.5 Å². The highest BCUT2D eigenvalue weighted by Crippen LogP contribution is 2.36. The Morgan fingerprint density at radius 3 is 2.47 bits per heavy atom. The Labute approximate surface area is 222 Å². The zero-order valence-electron chi connectivity index (χ0n) is 22.5. The largest absolute Gasteiger partial charge is 0.444 e. The first-order valence-corrected chi connectivity index (χ1v) is 12.7. The van der Waals surface area contributed by atoms with Gasteiger partial charge < -0.3 is 20.3 Å². The molecule has 3 amide bonds. The zero-order valence-corrected chi connectivity index (χ0v) is 22.5. The van der Waals surface area contributed by atoms with E-state index in [4.69, 9.17) is 4.74 Å². The maximum absolute atomic E-state index is 14.6. The first-order valence-electron chi connectivity index (χ1n) is 12.7. The monoisotopic (exact) mass is 530 g/mol. The maximum Gasteiger partial charge on any atom is 0.410 e. The van der Waals surface area contributed by atoms with Gasteiger partial charge in [-0.2, -0.15) is 0 Å². The van der Waals surface area contributed by atoms with Crippen LogP contribution >= 0.6 is 0 Å². The molecular formula is C28H36F2N4O4. The fourth-order valence-corrected chi connectivity index (χ4v) is 4.30. The number of carbonyl (C=O) groups excluding carboxylic acids is 3. The molecule has 0 saturated carbocycles. The molecule has 2 atom stereocenters. The molecule has 0 aliphatic carbocycles. The predicted molar refractivity (Wildman–Crippen MR) is 139 cm³/mol. The van der Waals surface area contributed by atoms with Crippen LogP contribution in [0.3, 0.4) is 0 Å². The quantitative estimate of drug-likeness (QED) is 0.545. The number of nitrogens with one attached hydrogen (secondary N) is 2. The second-order valence-corrected chi connectivity index (χ2v) is 10.6. The minimum atomic E-state index is -2.97. The lowest BCUT2D eigenvalue weighted by Gasteiger charge is -2.38. The highest BCUT2D eigenvalue weighted by molar-refractivity contribution is 5.98. The molecule has 2 unspecified atom stereocenters. The van der Waals surface area contributed by atoms with E-state index in [0.717, 1.165) is 5.56 Å². The van der Waals surface area contributed by atoms with Crippen molar-refractivity contribution < 1.29 is 27.9 Å². The van der Waals surface area contributed by atoms with Crippen LogP contribution in [0.2, 0.25) is 0 Å². The molecule has 2 aromatic rings. The van der Waals surface area contributed by atoms with Gasteiger partial charge in [-0.3, -0.25) is 9.59 Å². The van der Waals surface area contributed by atoms with E-state index in [0.29, 0.717) is 5.69 Å². The summed E-state index contributed by atoms with van der Waals surface area (Å²) in [6.45, 7) is 6.81. The Kier molecular flexibility index (Phi) is 9.06. The highest BCUT2D eigenvalue weighted by Gasteiger charge is 2.45. The van der Waals surface area contributed by atoms with E-state index in [2.05, 4.69) is 15.6 Å². The van der Waals surface area contributed by atoms with Gasteiger partial charge >= 0.3 is 6.09 Å². The Balaban J connectivity index is 1.70. The number of benzene rings is 1. The van der Waals surface area contributed by atoms with Crippen molar-refractivity contribution in [3.63, 3.8) is 0 Å². The number of halogens is 2. The summed E-state index contributed by atoms with van der Waals surface area (Å²) >= 11 is 0. The number of piperidine rings is 1. The number of carbonyl (C=O) groups is 3.